The smallest absolute Gasteiger partial charge is 0.407 e. The highest BCUT2D eigenvalue weighted by atomic mass is 79.9. The molecule has 0 saturated carbocycles. The Hall–Kier alpha value is -5.96. The number of anilines is 1. The first-order valence-electron chi connectivity index (χ1n) is 19.5. The maximum Gasteiger partial charge on any atom is 0.407 e. The maximum atomic E-state index is 14.0. The molecule has 3 aliphatic rings. The van der Waals surface area contributed by atoms with Gasteiger partial charge in [0.15, 0.2) is 0 Å². The number of ether oxygens (including phenoxy) is 2. The summed E-state index contributed by atoms with van der Waals surface area (Å²) in [5, 5.41) is 5.43. The first kappa shape index (κ1) is 38.9. The molecule has 4 atom stereocenters. The summed E-state index contributed by atoms with van der Waals surface area (Å²) in [5.41, 5.74) is 8.70. The van der Waals surface area contributed by atoms with E-state index in [1.54, 1.807) is 22.2 Å². The van der Waals surface area contributed by atoms with E-state index >= 15 is 0 Å². The van der Waals surface area contributed by atoms with Gasteiger partial charge in [-0.1, -0.05) is 78.3 Å². The van der Waals surface area contributed by atoms with Gasteiger partial charge >= 0.3 is 12.2 Å². The fraction of sp³-hybridized carbons (Fsp3) is 0.349. The van der Waals surface area contributed by atoms with Gasteiger partial charge in [-0.3, -0.25) is 14.5 Å². The minimum absolute atomic E-state index is 0.109. The summed E-state index contributed by atoms with van der Waals surface area (Å²) in [6.07, 6.45) is 5.64. The normalized spacial score (nSPS) is 19.1. The number of amides is 4. The first-order chi connectivity index (χ1) is 28.0. The lowest BCUT2D eigenvalue weighted by Crippen LogP contribution is -2.51. The molecule has 4 amide bonds. The standard InChI is InChI=1S/C43H45BrN8O6/c1-23(2)36(50-43(56)58-4)41(54)51-17-5-6-34(51)38-45-21-32(47-38)26-11-7-24(8-12-26)25-9-13-27(14-10-25)33-22-46-39(48-33)35-20-29-19-30(44)18-28-15-16-31(49-42(55)57-3)40(53)52(35)37(28)29/h7-14,18-19,21-23,31,34-36H,5-6,15-17,20H2,1-4H3,(H,45,47)(H,46,48)(H,49,55)(H,50,56)/t31-,34?,35-,36+/m0/s1. The first-order valence-corrected chi connectivity index (χ1v) is 20.3. The number of rotatable bonds is 9. The second-order valence-electron chi connectivity index (χ2n) is 15.3. The molecule has 14 nitrogen and oxygen atoms in total. The van der Waals surface area contributed by atoms with Crippen LogP contribution in [0.1, 0.15) is 68.0 Å². The number of nitrogens with zero attached hydrogens (tertiary/aromatic N) is 4. The van der Waals surface area contributed by atoms with Crippen LogP contribution in [0.15, 0.2) is 77.5 Å². The number of hydrogen-bond acceptors (Lipinski definition) is 8. The van der Waals surface area contributed by atoms with Gasteiger partial charge in [-0.2, -0.15) is 0 Å². The number of carbonyl (C=O) groups is 4. The van der Waals surface area contributed by atoms with Crippen LogP contribution in [0.3, 0.4) is 0 Å². The molecule has 2 aromatic heterocycles. The van der Waals surface area contributed by atoms with Gasteiger partial charge in [-0.05, 0) is 77.1 Å². The molecule has 1 saturated heterocycles. The molecule has 3 aromatic carbocycles. The van der Waals surface area contributed by atoms with Gasteiger partial charge in [0, 0.05) is 17.4 Å². The van der Waals surface area contributed by atoms with E-state index < -0.39 is 24.3 Å². The molecule has 5 aromatic rings. The van der Waals surface area contributed by atoms with Crippen LogP contribution in [0.4, 0.5) is 15.3 Å². The molecular formula is C43H45BrN8O6. The van der Waals surface area contributed by atoms with E-state index in [0.717, 1.165) is 73.6 Å². The highest BCUT2D eigenvalue weighted by Gasteiger charge is 2.43. The number of alkyl carbamates (subject to hydrolysis) is 2. The van der Waals surface area contributed by atoms with Crippen molar-refractivity contribution in [3.63, 3.8) is 0 Å². The highest BCUT2D eigenvalue weighted by Crippen LogP contribution is 2.46. The predicted molar refractivity (Wildman–Crippen MR) is 221 cm³/mol. The second-order valence-corrected chi connectivity index (χ2v) is 16.2. The van der Waals surface area contributed by atoms with Crippen LogP contribution >= 0.6 is 15.9 Å². The van der Waals surface area contributed by atoms with Gasteiger partial charge in [0.05, 0.1) is 55.8 Å². The zero-order valence-electron chi connectivity index (χ0n) is 32.7. The Kier molecular flexibility index (Phi) is 10.8. The third-order valence-corrected chi connectivity index (χ3v) is 11.8. The van der Waals surface area contributed by atoms with Gasteiger partial charge < -0.3 is 35.0 Å². The van der Waals surface area contributed by atoms with E-state index in [9.17, 15) is 19.2 Å². The van der Waals surface area contributed by atoms with Crippen molar-refractivity contribution in [1.29, 1.82) is 0 Å². The van der Waals surface area contributed by atoms with Crippen molar-refractivity contribution in [2.45, 2.75) is 70.1 Å². The summed E-state index contributed by atoms with van der Waals surface area (Å²) in [6, 6.07) is 18.6. The van der Waals surface area contributed by atoms with Crippen molar-refractivity contribution in [2.24, 2.45) is 5.92 Å². The Labute approximate surface area is 344 Å². The lowest BCUT2D eigenvalue weighted by Gasteiger charge is -2.30. The predicted octanol–water partition coefficient (Wildman–Crippen LogP) is 7.24. The Balaban J connectivity index is 0.957. The number of nitrogens with one attached hydrogen (secondary N) is 4. The molecule has 5 heterocycles. The monoisotopic (exact) mass is 848 g/mol. The topological polar surface area (TPSA) is 175 Å². The van der Waals surface area contributed by atoms with Crippen molar-refractivity contribution in [2.75, 3.05) is 25.7 Å². The Bertz CT molecular complexity index is 2360. The van der Waals surface area contributed by atoms with Gasteiger partial charge in [0.25, 0.3) is 0 Å². The Morgan fingerprint density at radius 3 is 1.97 bits per heavy atom. The van der Waals surface area contributed by atoms with Crippen molar-refractivity contribution < 1.29 is 28.7 Å². The average Bonchev–Trinajstić information content (AvgIpc) is 4.06. The second kappa shape index (κ2) is 16.1. The SMILES string of the molecule is COC(=O)N[C@H]1CCc2cc(Br)cc3c2N(C1=O)[C@H](c1ncc(-c2ccc(-c4ccc(-c5cnc(C6CCCN6C(=O)[C@H](NC(=O)OC)C(C)C)[nH]5)cc4)cc2)[nH]1)C3. The number of aromatic amines is 2. The summed E-state index contributed by atoms with van der Waals surface area (Å²) >= 11 is 3.64. The van der Waals surface area contributed by atoms with E-state index in [0.29, 0.717) is 31.6 Å². The van der Waals surface area contributed by atoms with Crippen LogP contribution in [-0.4, -0.2) is 81.7 Å². The van der Waals surface area contributed by atoms with Crippen LogP contribution in [-0.2, 0) is 31.9 Å². The molecule has 58 heavy (non-hydrogen) atoms. The van der Waals surface area contributed by atoms with E-state index in [-0.39, 0.29) is 29.8 Å². The van der Waals surface area contributed by atoms with Crippen molar-refractivity contribution in [3.05, 3.63) is 100 Å². The van der Waals surface area contributed by atoms with E-state index in [1.807, 2.05) is 44.2 Å². The summed E-state index contributed by atoms with van der Waals surface area (Å²) in [6.45, 7) is 4.39. The molecule has 0 spiro atoms. The molecule has 4 N–H and O–H groups in total. The number of carbonyl (C=O) groups excluding carboxylic acids is 4. The number of likely N-dealkylation sites (tertiary alicyclic amines) is 1. The van der Waals surface area contributed by atoms with Crippen molar-refractivity contribution in [3.8, 4) is 33.6 Å². The summed E-state index contributed by atoms with van der Waals surface area (Å²) in [5.74, 6) is 0.951. The molecule has 0 aliphatic carbocycles. The third-order valence-electron chi connectivity index (χ3n) is 11.4. The van der Waals surface area contributed by atoms with E-state index in [4.69, 9.17) is 14.5 Å². The lowest BCUT2D eigenvalue weighted by molar-refractivity contribution is -0.135. The van der Waals surface area contributed by atoms with E-state index in [2.05, 4.69) is 71.8 Å². The number of H-pyrrole nitrogens is 2. The quantitative estimate of drug-likeness (QED) is 0.120. The molecule has 1 unspecified atom stereocenters. The fourth-order valence-corrected chi connectivity index (χ4v) is 8.97. The molecule has 1 fully saturated rings. The lowest BCUT2D eigenvalue weighted by atomic mass is 10.0. The Morgan fingerprint density at radius 1 is 0.810 bits per heavy atom. The summed E-state index contributed by atoms with van der Waals surface area (Å²) in [4.78, 5) is 71.6. The molecule has 3 aliphatic heterocycles. The maximum absolute atomic E-state index is 14.0. The van der Waals surface area contributed by atoms with Crippen LogP contribution in [0, 0.1) is 5.92 Å². The number of aryl methyl sites for hydroxylation is 1. The highest BCUT2D eigenvalue weighted by molar-refractivity contribution is 9.10. The van der Waals surface area contributed by atoms with Gasteiger partial charge in [-0.25, -0.2) is 19.6 Å². The van der Waals surface area contributed by atoms with Gasteiger partial charge in [0.1, 0.15) is 23.7 Å². The number of aromatic nitrogens is 4. The van der Waals surface area contributed by atoms with E-state index in [1.165, 1.54) is 14.2 Å². The van der Waals surface area contributed by atoms with Crippen LogP contribution in [0.25, 0.3) is 33.6 Å². The minimum Gasteiger partial charge on any atom is -0.453 e. The number of benzene rings is 3. The minimum atomic E-state index is -0.720. The summed E-state index contributed by atoms with van der Waals surface area (Å²) in [7, 11) is 2.58. The van der Waals surface area contributed by atoms with Crippen LogP contribution in [0.2, 0.25) is 0 Å². The fourth-order valence-electron chi connectivity index (χ4n) is 8.42. The number of hydrogen-bond donors (Lipinski definition) is 4. The molecule has 0 radical (unpaired) electrons. The van der Waals surface area contributed by atoms with Crippen LogP contribution < -0.4 is 15.5 Å². The zero-order chi connectivity index (χ0) is 40.7. The molecule has 300 valence electrons. The Morgan fingerprint density at radius 2 is 1.38 bits per heavy atom. The number of halogens is 1. The van der Waals surface area contributed by atoms with Crippen molar-refractivity contribution >= 4 is 45.6 Å². The zero-order valence-corrected chi connectivity index (χ0v) is 34.3. The van der Waals surface area contributed by atoms with Gasteiger partial charge in [-0.15, -0.1) is 0 Å². The number of imidazole rings is 2. The largest absolute Gasteiger partial charge is 0.453 e. The average molecular weight is 850 g/mol. The van der Waals surface area contributed by atoms with Crippen LogP contribution in [0.5, 0.6) is 0 Å². The van der Waals surface area contributed by atoms with Gasteiger partial charge in [0.2, 0.25) is 11.8 Å². The van der Waals surface area contributed by atoms with Crippen molar-refractivity contribution in [1.82, 2.24) is 35.5 Å². The molecule has 15 heteroatoms. The third kappa shape index (κ3) is 7.46. The number of methoxy groups -OCH3 is 2. The molecule has 0 bridgehead atoms. The molecular weight excluding hydrogens is 804 g/mol. The molecule has 8 rings (SSSR count). The summed E-state index contributed by atoms with van der Waals surface area (Å²) < 4.78 is 10.5.